The Kier molecular flexibility index (Phi) is 13.3. The summed E-state index contributed by atoms with van der Waals surface area (Å²) in [7, 11) is 0. The minimum Gasteiger partial charge on any atom is -0.508 e. The van der Waals surface area contributed by atoms with Crippen molar-refractivity contribution in [2.24, 2.45) is 0 Å². The molecule has 10 atom stereocenters. The van der Waals surface area contributed by atoms with Crippen molar-refractivity contribution < 1.29 is 59.1 Å². The van der Waals surface area contributed by atoms with Crippen molar-refractivity contribution in [3.05, 3.63) is 59.2 Å². The van der Waals surface area contributed by atoms with Crippen LogP contribution in [0.5, 0.6) is 5.75 Å². The molecule has 1 aromatic carbocycles. The average molecular weight is 609 g/mol. The Morgan fingerprint density at radius 1 is 0.884 bits per heavy atom. The Bertz CT molecular complexity index is 1110. The quantitative estimate of drug-likeness (QED) is 0.114. The van der Waals surface area contributed by atoms with Crippen molar-refractivity contribution in [1.29, 1.82) is 0 Å². The molecule has 0 aromatic heterocycles. The van der Waals surface area contributed by atoms with Gasteiger partial charge in [-0.2, -0.15) is 0 Å². The highest BCUT2D eigenvalue weighted by Gasteiger charge is 2.50. The van der Waals surface area contributed by atoms with Gasteiger partial charge in [0.05, 0.1) is 12.7 Å². The number of carbonyl (C=O) groups is 1. The van der Waals surface area contributed by atoms with Crippen LogP contribution in [0, 0.1) is 0 Å². The van der Waals surface area contributed by atoms with Crippen molar-refractivity contribution in [2.45, 2.75) is 102 Å². The summed E-state index contributed by atoms with van der Waals surface area (Å²) in [6, 6.07) is 6.15. The minimum absolute atomic E-state index is 0.0670. The summed E-state index contributed by atoms with van der Waals surface area (Å²) in [5, 5.41) is 62.1. The second-order valence-electron chi connectivity index (χ2n) is 11.1. The molecule has 0 bridgehead atoms. The number of phenols is 1. The highest BCUT2D eigenvalue weighted by atomic mass is 16.7. The number of ether oxygens (including phenoxy) is 5. The van der Waals surface area contributed by atoms with Crippen LogP contribution in [-0.2, 0) is 28.5 Å². The third-order valence-electron chi connectivity index (χ3n) is 7.22. The second kappa shape index (κ2) is 16.4. The van der Waals surface area contributed by atoms with Crippen LogP contribution in [0.1, 0.15) is 46.1 Å². The number of aromatic hydroxyl groups is 1. The fourth-order valence-electron chi connectivity index (χ4n) is 4.56. The van der Waals surface area contributed by atoms with E-state index in [0.29, 0.717) is 5.56 Å². The van der Waals surface area contributed by atoms with Gasteiger partial charge in [0.2, 0.25) is 0 Å². The predicted octanol–water partition coefficient (Wildman–Crippen LogP) is 1.32. The molecule has 0 saturated carbocycles. The Hall–Kier alpha value is -2.65. The van der Waals surface area contributed by atoms with E-state index in [1.807, 2.05) is 26.8 Å². The van der Waals surface area contributed by atoms with E-state index < -0.39 is 74.0 Å². The molecule has 6 N–H and O–H groups in total. The Morgan fingerprint density at radius 3 is 2.26 bits per heavy atom. The number of phenolic OH excluding ortho intramolecular Hbond substituents is 1. The van der Waals surface area contributed by atoms with Gasteiger partial charge in [0.1, 0.15) is 55.1 Å². The number of aliphatic hydroxyl groups is 5. The van der Waals surface area contributed by atoms with Gasteiger partial charge in [-0.05, 0) is 64.3 Å². The molecule has 2 saturated heterocycles. The second-order valence-corrected chi connectivity index (χ2v) is 11.1. The molecule has 12 nitrogen and oxygen atoms in total. The molecule has 2 aliphatic rings. The number of carbonyl (C=O) groups excluding carboxylic acids is 1. The zero-order valence-electron chi connectivity index (χ0n) is 24.9. The lowest BCUT2D eigenvalue weighted by Crippen LogP contribution is -2.64. The molecule has 12 heteroatoms. The Morgan fingerprint density at radius 2 is 1.58 bits per heavy atom. The number of hydrogen-bond acceptors (Lipinski definition) is 12. The topological polar surface area (TPSA) is 185 Å². The summed E-state index contributed by atoms with van der Waals surface area (Å²) in [5.74, 6) is -0.656. The summed E-state index contributed by atoms with van der Waals surface area (Å²) in [6.45, 7) is 7.11. The molecule has 0 amide bonds. The van der Waals surface area contributed by atoms with Gasteiger partial charge in [-0.1, -0.05) is 35.4 Å². The Balaban J connectivity index is 1.69. The third-order valence-corrected chi connectivity index (χ3v) is 7.22. The van der Waals surface area contributed by atoms with E-state index in [1.54, 1.807) is 12.1 Å². The lowest BCUT2D eigenvalue weighted by atomic mass is 9.97. The molecular weight excluding hydrogens is 564 g/mol. The zero-order valence-corrected chi connectivity index (χ0v) is 24.9. The molecule has 2 aliphatic heterocycles. The van der Waals surface area contributed by atoms with Crippen molar-refractivity contribution >= 4 is 12.0 Å². The molecular formula is C31H44O12. The number of rotatable bonds is 12. The number of esters is 1. The molecule has 2 fully saturated rings. The first-order chi connectivity index (χ1) is 20.4. The van der Waals surface area contributed by atoms with Crippen LogP contribution in [0.15, 0.2) is 53.6 Å². The minimum atomic E-state index is -1.68. The van der Waals surface area contributed by atoms with E-state index in [1.165, 1.54) is 36.8 Å². The van der Waals surface area contributed by atoms with Gasteiger partial charge in [0.15, 0.2) is 12.6 Å². The molecule has 2 heterocycles. The molecule has 240 valence electrons. The summed E-state index contributed by atoms with van der Waals surface area (Å²) in [4.78, 5) is 12.4. The van der Waals surface area contributed by atoms with Crippen molar-refractivity contribution in [3.63, 3.8) is 0 Å². The normalized spacial score (nSPS) is 33.4. The lowest BCUT2D eigenvalue weighted by molar-refractivity contribution is -0.356. The molecule has 0 unspecified atom stereocenters. The van der Waals surface area contributed by atoms with Gasteiger partial charge in [0, 0.05) is 6.08 Å². The van der Waals surface area contributed by atoms with Gasteiger partial charge in [-0.15, -0.1) is 0 Å². The molecule has 1 aromatic rings. The van der Waals surface area contributed by atoms with Crippen LogP contribution >= 0.6 is 0 Å². The van der Waals surface area contributed by atoms with Crippen molar-refractivity contribution in [3.8, 4) is 5.75 Å². The van der Waals surface area contributed by atoms with Crippen molar-refractivity contribution in [1.82, 2.24) is 0 Å². The zero-order chi connectivity index (χ0) is 31.7. The van der Waals surface area contributed by atoms with Gasteiger partial charge in [-0.25, -0.2) is 4.79 Å². The van der Waals surface area contributed by atoms with Crippen LogP contribution in [-0.4, -0.2) is 111 Å². The van der Waals surface area contributed by atoms with Crippen LogP contribution in [0.25, 0.3) is 6.08 Å². The Labute approximate surface area is 251 Å². The van der Waals surface area contributed by atoms with Crippen LogP contribution in [0.4, 0.5) is 0 Å². The first-order valence-corrected chi connectivity index (χ1v) is 14.3. The average Bonchev–Trinajstić information content (AvgIpc) is 2.96. The summed E-state index contributed by atoms with van der Waals surface area (Å²) >= 11 is 0. The van der Waals surface area contributed by atoms with Gasteiger partial charge < -0.3 is 54.3 Å². The van der Waals surface area contributed by atoms with E-state index in [2.05, 4.69) is 6.08 Å². The van der Waals surface area contributed by atoms with E-state index in [-0.39, 0.29) is 12.4 Å². The smallest absolute Gasteiger partial charge is 0.330 e. The van der Waals surface area contributed by atoms with Gasteiger partial charge in [-0.3, -0.25) is 0 Å². The summed E-state index contributed by atoms with van der Waals surface area (Å²) in [5.41, 5.74) is 2.92. The van der Waals surface area contributed by atoms with Crippen molar-refractivity contribution in [2.75, 3.05) is 13.2 Å². The molecule has 0 aliphatic carbocycles. The highest BCUT2D eigenvalue weighted by Crippen LogP contribution is 2.30. The SMILES string of the molecule is CC(C)=CCC/C(C)=C/CO[C@@H]1O[C@H](COC(=O)/C=C/c2ccc(O)cc2)[C@@H](O)[C@H](O[C@@H]2O[C@@H](C)[C@H](O)[C@@H](O)[C@H]2O)[C@H]1O. The van der Waals surface area contributed by atoms with E-state index in [4.69, 9.17) is 23.7 Å². The summed E-state index contributed by atoms with van der Waals surface area (Å²) in [6.07, 6.45) is -5.88. The van der Waals surface area contributed by atoms with E-state index in [9.17, 15) is 35.4 Å². The van der Waals surface area contributed by atoms with Gasteiger partial charge in [0.25, 0.3) is 0 Å². The third kappa shape index (κ3) is 10.2. The molecule has 3 rings (SSSR count). The van der Waals surface area contributed by atoms with Crippen LogP contribution in [0.2, 0.25) is 0 Å². The molecule has 0 spiro atoms. The first kappa shape index (κ1) is 34.8. The maximum Gasteiger partial charge on any atom is 0.330 e. The number of hydrogen-bond donors (Lipinski definition) is 6. The highest BCUT2D eigenvalue weighted by molar-refractivity contribution is 5.87. The number of allylic oxidation sites excluding steroid dienone is 3. The van der Waals surface area contributed by atoms with Gasteiger partial charge >= 0.3 is 5.97 Å². The fourth-order valence-corrected chi connectivity index (χ4v) is 4.56. The number of aliphatic hydroxyl groups excluding tert-OH is 5. The van der Waals surface area contributed by atoms with E-state index >= 15 is 0 Å². The van der Waals surface area contributed by atoms with Crippen LogP contribution in [0.3, 0.4) is 0 Å². The number of benzene rings is 1. The molecule has 0 radical (unpaired) electrons. The molecule has 43 heavy (non-hydrogen) atoms. The van der Waals surface area contributed by atoms with E-state index in [0.717, 1.165) is 18.4 Å². The fraction of sp³-hybridized carbons (Fsp3) is 0.581. The first-order valence-electron chi connectivity index (χ1n) is 14.3. The largest absolute Gasteiger partial charge is 0.508 e. The monoisotopic (exact) mass is 608 g/mol. The summed E-state index contributed by atoms with van der Waals surface area (Å²) < 4.78 is 28.1. The maximum absolute atomic E-state index is 12.4. The lowest BCUT2D eigenvalue weighted by Gasteiger charge is -2.45. The van der Waals surface area contributed by atoms with Crippen LogP contribution < -0.4 is 0 Å². The predicted molar refractivity (Wildman–Crippen MR) is 154 cm³/mol. The standard InChI is InChI=1S/C31H44O12/c1-17(2)6-5-7-18(3)14-15-39-30-28(38)29(43-31-27(37)26(36)24(34)19(4)41-31)25(35)22(42-30)16-40-23(33)13-10-20-8-11-21(32)12-9-20/h6,8-14,19,22,24-32,34-38H,5,7,15-16H2,1-4H3/b13-10+,18-14+/t19-,22+,24-,25+,26+,27+,28+,29-,30+,31-/m0/s1. The maximum atomic E-state index is 12.4.